The first-order chi connectivity index (χ1) is 3.66. The van der Waals surface area contributed by atoms with Crippen molar-refractivity contribution >= 4 is 0 Å². The summed E-state index contributed by atoms with van der Waals surface area (Å²) in [5.74, 6) is 0. The molecule has 0 heterocycles. The van der Waals surface area contributed by atoms with Crippen LogP contribution in [0.5, 0.6) is 0 Å². The summed E-state index contributed by atoms with van der Waals surface area (Å²) in [5, 5.41) is 0. The summed E-state index contributed by atoms with van der Waals surface area (Å²) in [6.07, 6.45) is 0.619. The minimum absolute atomic E-state index is 0.129. The second-order valence-corrected chi connectivity index (χ2v) is 3.08. The summed E-state index contributed by atoms with van der Waals surface area (Å²) >= 11 is -3.39. The van der Waals surface area contributed by atoms with Gasteiger partial charge in [-0.25, -0.2) is 0 Å². The number of hydrogen-bond donors (Lipinski definition) is 0. The zero-order chi connectivity index (χ0) is 6.57. The van der Waals surface area contributed by atoms with E-state index in [0.29, 0.717) is 0 Å². The molecule has 50 valence electrons. The van der Waals surface area contributed by atoms with Gasteiger partial charge in [0.1, 0.15) is 6.10 Å². The normalized spacial score (nSPS) is 14.6. The van der Waals surface area contributed by atoms with Crippen LogP contribution in [-0.2, 0) is 3.07 Å². The van der Waals surface area contributed by atoms with Crippen molar-refractivity contribution in [3.8, 4) is 0 Å². The molecule has 0 radical (unpaired) electrons. The van der Waals surface area contributed by atoms with Crippen molar-refractivity contribution in [2.45, 2.75) is 26.4 Å². The third kappa shape index (κ3) is 4.76. The van der Waals surface area contributed by atoms with Gasteiger partial charge >= 0.3 is 21.1 Å². The lowest BCUT2D eigenvalue weighted by molar-refractivity contribution is -1.63. The van der Waals surface area contributed by atoms with Crippen LogP contribution < -0.4 is 27.9 Å². The van der Waals surface area contributed by atoms with E-state index < -0.39 is 21.1 Å². The van der Waals surface area contributed by atoms with Gasteiger partial charge < -0.3 is 6.87 Å². The smallest absolute Gasteiger partial charge is 0.396 e. The molecule has 0 saturated carbocycles. The van der Waals surface area contributed by atoms with E-state index >= 15 is 0 Å². The van der Waals surface area contributed by atoms with Crippen molar-refractivity contribution in [1.82, 2.24) is 0 Å². The third-order valence-corrected chi connectivity index (χ3v) is 2.08. The van der Waals surface area contributed by atoms with Gasteiger partial charge in [-0.15, -0.1) is 0 Å². The van der Waals surface area contributed by atoms with Gasteiger partial charge in [0.15, 0.2) is 0 Å². The molecule has 0 aliphatic carbocycles. The highest BCUT2D eigenvalue weighted by molar-refractivity contribution is 4.36. The Morgan fingerprint density at radius 3 is 2.25 bits per heavy atom. The van der Waals surface area contributed by atoms with Gasteiger partial charge in [0.05, 0.1) is 0 Å². The van der Waals surface area contributed by atoms with E-state index in [1.165, 1.54) is 0 Å². The molecule has 0 amide bonds. The summed E-state index contributed by atoms with van der Waals surface area (Å²) < 4.78 is 24.2. The molecule has 0 N–H and O–H groups in total. The number of hydrogen-bond acceptors (Lipinski definition) is 3. The molecular formula is C4H9IO3. The van der Waals surface area contributed by atoms with Gasteiger partial charge in [-0.1, -0.05) is 6.92 Å². The minimum atomic E-state index is -3.39. The highest BCUT2D eigenvalue weighted by Crippen LogP contribution is 1.86. The van der Waals surface area contributed by atoms with Gasteiger partial charge in [-0.05, 0) is 16.4 Å². The number of rotatable bonds is 3. The average molecular weight is 232 g/mol. The summed E-state index contributed by atoms with van der Waals surface area (Å²) in [6.45, 7) is 3.62. The molecule has 0 aliphatic heterocycles. The van der Waals surface area contributed by atoms with E-state index in [2.05, 4.69) is 3.07 Å². The van der Waals surface area contributed by atoms with Crippen LogP contribution in [0.25, 0.3) is 0 Å². The predicted molar refractivity (Wildman–Crippen MR) is 20.8 cm³/mol. The Morgan fingerprint density at radius 1 is 1.62 bits per heavy atom. The molecule has 0 aromatic rings. The molecule has 4 heteroatoms. The summed E-state index contributed by atoms with van der Waals surface area (Å²) in [4.78, 5) is 0. The van der Waals surface area contributed by atoms with Gasteiger partial charge in [-0.2, -0.15) is 0 Å². The second-order valence-electron chi connectivity index (χ2n) is 1.50. The summed E-state index contributed by atoms with van der Waals surface area (Å²) in [5.41, 5.74) is 0. The maximum Gasteiger partial charge on any atom is 0.506 e. The molecule has 0 rings (SSSR count). The predicted octanol–water partition coefficient (Wildman–Crippen LogP) is -4.11. The van der Waals surface area contributed by atoms with Crippen LogP contribution in [-0.4, -0.2) is 6.10 Å². The van der Waals surface area contributed by atoms with Gasteiger partial charge in [0.25, 0.3) is 0 Å². The van der Waals surface area contributed by atoms with E-state index in [-0.39, 0.29) is 6.10 Å². The Morgan fingerprint density at radius 2 is 2.12 bits per heavy atom. The van der Waals surface area contributed by atoms with Crippen LogP contribution in [0, 0.1) is 0 Å². The van der Waals surface area contributed by atoms with E-state index in [1.54, 1.807) is 6.92 Å². The van der Waals surface area contributed by atoms with Gasteiger partial charge in [0, 0.05) is 0 Å². The fourth-order valence-electron chi connectivity index (χ4n) is 0.187. The first-order valence-corrected chi connectivity index (χ1v) is 5.03. The molecule has 0 spiro atoms. The summed E-state index contributed by atoms with van der Waals surface area (Å²) in [7, 11) is 0. The largest absolute Gasteiger partial charge is 0.506 e. The minimum Gasteiger partial charge on any atom is -0.396 e. The molecule has 0 aliphatic rings. The standard InChI is InChI=1S/C4H9IO3/c1-3-4(2)8-5(6)7/h4H,3H2,1-2H3. The van der Waals surface area contributed by atoms with Gasteiger partial charge in [-0.3, -0.25) is 0 Å². The first kappa shape index (κ1) is 8.61. The monoisotopic (exact) mass is 232 g/mol. The van der Waals surface area contributed by atoms with E-state index in [0.717, 1.165) is 6.42 Å². The van der Waals surface area contributed by atoms with Crippen LogP contribution in [0.3, 0.4) is 0 Å². The van der Waals surface area contributed by atoms with E-state index in [1.807, 2.05) is 6.92 Å². The Kier molecular flexibility index (Phi) is 4.83. The highest BCUT2D eigenvalue weighted by atomic mass is 127. The summed E-state index contributed by atoms with van der Waals surface area (Å²) in [6, 6.07) is 0. The van der Waals surface area contributed by atoms with Crippen LogP contribution in [0.4, 0.5) is 0 Å². The quantitative estimate of drug-likeness (QED) is 0.465. The fraction of sp³-hybridized carbons (Fsp3) is 1.00. The fourth-order valence-corrected chi connectivity index (χ4v) is 1.26. The molecular weight excluding hydrogens is 223 g/mol. The lowest BCUT2D eigenvalue weighted by Gasteiger charge is -1.97. The first-order valence-electron chi connectivity index (χ1n) is 2.39. The zero-order valence-electron chi connectivity index (χ0n) is 4.89. The third-order valence-electron chi connectivity index (χ3n) is 0.800. The lowest BCUT2D eigenvalue weighted by Crippen LogP contribution is -3.99. The molecule has 1 unspecified atom stereocenters. The van der Waals surface area contributed by atoms with Crippen molar-refractivity contribution in [3.63, 3.8) is 0 Å². The van der Waals surface area contributed by atoms with Crippen molar-refractivity contribution in [3.05, 3.63) is 0 Å². The topological polar surface area (TPSA) is 55.3 Å². The molecule has 0 saturated heterocycles. The van der Waals surface area contributed by atoms with E-state index in [4.69, 9.17) is 0 Å². The molecule has 0 aromatic carbocycles. The van der Waals surface area contributed by atoms with Gasteiger partial charge in [0.2, 0.25) is 0 Å². The maximum absolute atomic E-state index is 9.88. The molecule has 0 bridgehead atoms. The van der Waals surface area contributed by atoms with Crippen LogP contribution in [0.2, 0.25) is 0 Å². The molecule has 8 heavy (non-hydrogen) atoms. The van der Waals surface area contributed by atoms with Crippen LogP contribution in [0.15, 0.2) is 0 Å². The maximum atomic E-state index is 9.88. The Bertz CT molecular complexity index is 57.2. The molecule has 3 nitrogen and oxygen atoms in total. The molecule has 1 atom stereocenters. The van der Waals surface area contributed by atoms with E-state index in [9.17, 15) is 6.87 Å². The van der Waals surface area contributed by atoms with Crippen LogP contribution >= 0.6 is 0 Å². The second kappa shape index (κ2) is 4.49. The Labute approximate surface area is 57.7 Å². The molecule has 0 fully saturated rings. The molecule has 0 aromatic heterocycles. The van der Waals surface area contributed by atoms with Crippen molar-refractivity contribution in [2.24, 2.45) is 0 Å². The SMILES string of the molecule is CCC(C)O[I+2]([O-])[O-]. The lowest BCUT2D eigenvalue weighted by atomic mass is 10.3. The number of halogens is 1. The zero-order valence-corrected chi connectivity index (χ0v) is 7.04. The highest BCUT2D eigenvalue weighted by Gasteiger charge is 2.16. The van der Waals surface area contributed by atoms with Crippen molar-refractivity contribution in [1.29, 1.82) is 0 Å². The van der Waals surface area contributed by atoms with Crippen molar-refractivity contribution < 1.29 is 31.0 Å². The van der Waals surface area contributed by atoms with Crippen LogP contribution in [0.1, 0.15) is 20.3 Å². The Hall–Kier alpha value is 0.610. The Balaban J connectivity index is 3.10. The van der Waals surface area contributed by atoms with Crippen molar-refractivity contribution in [2.75, 3.05) is 0 Å². The average Bonchev–Trinajstić information content (AvgIpc) is 1.65.